The molecule has 0 aliphatic carbocycles. The Morgan fingerprint density at radius 1 is 1.35 bits per heavy atom. The first kappa shape index (κ1) is 17.4. The van der Waals surface area contributed by atoms with Crippen molar-refractivity contribution in [2.75, 3.05) is 30.9 Å². The smallest absolute Gasteiger partial charge is 0.307 e. The third kappa shape index (κ3) is 5.37. The van der Waals surface area contributed by atoms with Crippen LogP contribution >= 0.6 is 0 Å². The summed E-state index contributed by atoms with van der Waals surface area (Å²) in [6.45, 7) is 1.96. The second kappa shape index (κ2) is 6.40. The van der Waals surface area contributed by atoms with Crippen LogP contribution in [-0.4, -0.2) is 63.1 Å². The second-order valence-electron chi connectivity index (χ2n) is 5.45. The number of sulfonamides is 1. The van der Waals surface area contributed by atoms with E-state index in [1.165, 1.54) is 11.2 Å². The monoisotopic (exact) mass is 327 g/mol. The molecular formula is C11H21NO6S2. The van der Waals surface area contributed by atoms with Crippen molar-refractivity contribution >= 4 is 25.8 Å². The zero-order valence-corrected chi connectivity index (χ0v) is 13.3. The zero-order chi connectivity index (χ0) is 15.6. The number of hydrogen-bond donors (Lipinski definition) is 1. The van der Waals surface area contributed by atoms with Gasteiger partial charge in [-0.25, -0.2) is 21.1 Å². The first-order valence-electron chi connectivity index (χ1n) is 6.39. The van der Waals surface area contributed by atoms with E-state index in [2.05, 4.69) is 0 Å². The Morgan fingerprint density at radius 2 is 1.95 bits per heavy atom. The molecule has 1 fully saturated rings. The molecule has 0 bridgehead atoms. The van der Waals surface area contributed by atoms with Gasteiger partial charge in [-0.15, -0.1) is 0 Å². The lowest BCUT2D eigenvalue weighted by molar-refractivity contribution is -0.140. The SMILES string of the molecule is CC(CS(=O)(=O)CC1CCCN(S(C)(=O)=O)C1)C(=O)O. The van der Waals surface area contributed by atoms with E-state index in [9.17, 15) is 21.6 Å². The molecule has 0 aromatic heterocycles. The third-order valence-electron chi connectivity index (χ3n) is 3.37. The zero-order valence-electron chi connectivity index (χ0n) is 11.6. The Bertz CT molecular complexity index is 553. The fourth-order valence-corrected chi connectivity index (χ4v) is 5.32. The predicted molar refractivity (Wildman–Crippen MR) is 74.6 cm³/mol. The van der Waals surface area contributed by atoms with Crippen LogP contribution in [0.4, 0.5) is 0 Å². The molecule has 2 atom stereocenters. The van der Waals surface area contributed by atoms with Crippen molar-refractivity contribution in [3.8, 4) is 0 Å². The second-order valence-corrected chi connectivity index (χ2v) is 9.58. The molecule has 9 heteroatoms. The fourth-order valence-electron chi connectivity index (χ4n) is 2.34. The van der Waals surface area contributed by atoms with Gasteiger partial charge in [-0.1, -0.05) is 6.92 Å². The van der Waals surface area contributed by atoms with E-state index < -0.39 is 37.5 Å². The third-order valence-corrected chi connectivity index (χ3v) is 6.62. The van der Waals surface area contributed by atoms with Crippen LogP contribution in [0.2, 0.25) is 0 Å². The van der Waals surface area contributed by atoms with Gasteiger partial charge in [0.15, 0.2) is 9.84 Å². The normalized spacial score (nSPS) is 23.4. The molecule has 2 unspecified atom stereocenters. The molecule has 0 radical (unpaired) electrons. The van der Waals surface area contributed by atoms with Gasteiger partial charge in [-0.2, -0.15) is 0 Å². The van der Waals surface area contributed by atoms with Crippen molar-refractivity contribution in [1.82, 2.24) is 4.31 Å². The molecule has 0 aromatic rings. The van der Waals surface area contributed by atoms with Crippen LogP contribution in [0.15, 0.2) is 0 Å². The van der Waals surface area contributed by atoms with Crippen molar-refractivity contribution in [1.29, 1.82) is 0 Å². The number of carboxylic acids is 1. The van der Waals surface area contributed by atoms with E-state index >= 15 is 0 Å². The predicted octanol–water partition coefficient (Wildman–Crippen LogP) is -0.206. The van der Waals surface area contributed by atoms with Crippen LogP contribution in [0.5, 0.6) is 0 Å². The summed E-state index contributed by atoms with van der Waals surface area (Å²) < 4.78 is 48.1. The maximum Gasteiger partial charge on any atom is 0.307 e. The molecule has 0 aromatic carbocycles. The summed E-state index contributed by atoms with van der Waals surface area (Å²) in [5.74, 6) is -2.91. The molecule has 1 N–H and O–H groups in total. The minimum Gasteiger partial charge on any atom is -0.481 e. The number of piperidine rings is 1. The highest BCUT2D eigenvalue weighted by Gasteiger charge is 2.30. The average Bonchev–Trinajstić information content (AvgIpc) is 2.26. The van der Waals surface area contributed by atoms with Crippen molar-refractivity contribution < 1.29 is 26.7 Å². The molecule has 1 aliphatic heterocycles. The molecule has 0 saturated carbocycles. The molecule has 0 spiro atoms. The van der Waals surface area contributed by atoms with Gasteiger partial charge < -0.3 is 5.11 Å². The number of nitrogens with zero attached hydrogens (tertiary/aromatic N) is 1. The van der Waals surface area contributed by atoms with Gasteiger partial charge in [0.25, 0.3) is 0 Å². The summed E-state index contributed by atoms with van der Waals surface area (Å²) in [4.78, 5) is 10.7. The van der Waals surface area contributed by atoms with Gasteiger partial charge in [-0.3, -0.25) is 4.79 Å². The maximum atomic E-state index is 11.9. The van der Waals surface area contributed by atoms with E-state index in [4.69, 9.17) is 5.11 Å². The highest BCUT2D eigenvalue weighted by molar-refractivity contribution is 7.91. The largest absolute Gasteiger partial charge is 0.481 e. The highest BCUT2D eigenvalue weighted by atomic mass is 32.2. The topological polar surface area (TPSA) is 109 Å². The number of carbonyl (C=O) groups is 1. The Hall–Kier alpha value is -0.670. The van der Waals surface area contributed by atoms with Crippen molar-refractivity contribution in [3.63, 3.8) is 0 Å². The summed E-state index contributed by atoms with van der Waals surface area (Å²) in [6.07, 6.45) is 2.38. The molecule has 0 amide bonds. The van der Waals surface area contributed by atoms with Gasteiger partial charge in [-0.05, 0) is 18.8 Å². The van der Waals surface area contributed by atoms with Crippen LogP contribution in [0.1, 0.15) is 19.8 Å². The Labute approximate surface area is 119 Å². The summed E-state index contributed by atoms with van der Waals surface area (Å²) >= 11 is 0. The molecule has 1 heterocycles. The Kier molecular flexibility index (Phi) is 5.56. The lowest BCUT2D eigenvalue weighted by atomic mass is 10.0. The Balaban J connectivity index is 2.66. The van der Waals surface area contributed by atoms with Gasteiger partial charge in [0.05, 0.1) is 23.7 Å². The lowest BCUT2D eigenvalue weighted by Gasteiger charge is -2.30. The number of hydrogen-bond acceptors (Lipinski definition) is 5. The summed E-state index contributed by atoms with van der Waals surface area (Å²) in [5.41, 5.74) is 0. The average molecular weight is 327 g/mol. The number of sulfone groups is 1. The van der Waals surface area contributed by atoms with Crippen LogP contribution in [0, 0.1) is 11.8 Å². The van der Waals surface area contributed by atoms with E-state index in [0.717, 1.165) is 6.26 Å². The molecule has 1 aliphatic rings. The fraction of sp³-hybridized carbons (Fsp3) is 0.909. The van der Waals surface area contributed by atoms with Gasteiger partial charge >= 0.3 is 5.97 Å². The lowest BCUT2D eigenvalue weighted by Crippen LogP contribution is -2.41. The van der Waals surface area contributed by atoms with E-state index in [0.29, 0.717) is 19.4 Å². The van der Waals surface area contributed by atoms with Crippen molar-refractivity contribution in [2.24, 2.45) is 11.8 Å². The van der Waals surface area contributed by atoms with Gasteiger partial charge in [0.2, 0.25) is 10.0 Å². The van der Waals surface area contributed by atoms with Crippen LogP contribution in [0.25, 0.3) is 0 Å². The van der Waals surface area contributed by atoms with Gasteiger partial charge in [0, 0.05) is 13.1 Å². The molecule has 1 rings (SSSR count). The summed E-state index contributed by atoms with van der Waals surface area (Å²) in [5, 5.41) is 8.75. The summed E-state index contributed by atoms with van der Waals surface area (Å²) in [6, 6.07) is 0. The number of rotatable bonds is 6. The molecule has 1 saturated heterocycles. The van der Waals surface area contributed by atoms with Crippen molar-refractivity contribution in [2.45, 2.75) is 19.8 Å². The first-order valence-corrected chi connectivity index (χ1v) is 10.1. The van der Waals surface area contributed by atoms with Crippen LogP contribution < -0.4 is 0 Å². The minimum absolute atomic E-state index is 0.156. The Morgan fingerprint density at radius 3 is 2.45 bits per heavy atom. The van der Waals surface area contributed by atoms with Crippen molar-refractivity contribution in [3.05, 3.63) is 0 Å². The summed E-state index contributed by atoms with van der Waals surface area (Å²) in [7, 11) is -6.80. The van der Waals surface area contributed by atoms with E-state index in [1.54, 1.807) is 0 Å². The standard InChI is InChI=1S/C11H21NO6S2/c1-9(11(13)14)7-20(17,18)8-10-4-3-5-12(6-10)19(2,15)16/h9-10H,3-8H2,1-2H3,(H,13,14). The number of aliphatic carboxylic acids is 1. The molecule has 118 valence electrons. The molecule has 7 nitrogen and oxygen atoms in total. The van der Waals surface area contributed by atoms with Crippen LogP contribution in [0.3, 0.4) is 0 Å². The van der Waals surface area contributed by atoms with E-state index in [1.807, 2.05) is 0 Å². The first-order chi connectivity index (χ1) is 9.01. The molecular weight excluding hydrogens is 306 g/mol. The van der Waals surface area contributed by atoms with Gasteiger partial charge in [0.1, 0.15) is 0 Å². The minimum atomic E-state index is -3.50. The molecule has 20 heavy (non-hydrogen) atoms. The quantitative estimate of drug-likeness (QED) is 0.723. The van der Waals surface area contributed by atoms with E-state index in [-0.39, 0.29) is 18.2 Å². The maximum absolute atomic E-state index is 11.9. The van der Waals surface area contributed by atoms with Crippen LogP contribution in [-0.2, 0) is 24.7 Å². The number of carboxylic acid groups (broad SMARTS) is 1. The highest BCUT2D eigenvalue weighted by Crippen LogP contribution is 2.21.